The topological polar surface area (TPSA) is 78.9 Å². The summed E-state index contributed by atoms with van der Waals surface area (Å²) < 4.78 is 16.6. The third-order valence-electron chi connectivity index (χ3n) is 11.8. The third kappa shape index (κ3) is 58.1. The van der Waals surface area contributed by atoms with Gasteiger partial charge >= 0.3 is 17.9 Å². The molecule has 6 nitrogen and oxygen atoms in total. The van der Waals surface area contributed by atoms with Crippen LogP contribution in [0.4, 0.5) is 0 Å². The van der Waals surface area contributed by atoms with Crippen LogP contribution in [0.1, 0.15) is 239 Å². The Balaban J connectivity index is 4.07. The molecule has 0 aromatic rings. The molecule has 0 amide bonds. The molecule has 0 aliphatic rings. The first-order valence-electron chi connectivity index (χ1n) is 29.3. The minimum absolute atomic E-state index is 0.100. The van der Waals surface area contributed by atoms with Crippen molar-refractivity contribution in [3.05, 3.63) is 146 Å². The fourth-order valence-electron chi connectivity index (χ4n) is 7.51. The van der Waals surface area contributed by atoms with E-state index in [1.807, 2.05) is 0 Å². The van der Waals surface area contributed by atoms with E-state index in [1.54, 1.807) is 0 Å². The van der Waals surface area contributed by atoms with Gasteiger partial charge in [-0.25, -0.2) is 0 Å². The molecular formula is C67H106O6. The highest BCUT2D eigenvalue weighted by molar-refractivity contribution is 5.71. The SMILES string of the molecule is CC/C=C\C/C=C\C/C=C\C/C=C\C/C=C\C/C=C\C/C=C\C/C=C\CCCCCCCCCCCCC(=O)OCC(COC(=O)CCCCCCC)OC(=O)CCCC/C=C\C/C=C\C/C=C\C/C=C\CC. The number of hydrogen-bond donors (Lipinski definition) is 0. The van der Waals surface area contributed by atoms with E-state index in [9.17, 15) is 14.4 Å². The molecule has 0 radical (unpaired) electrons. The molecule has 0 aliphatic carbocycles. The van der Waals surface area contributed by atoms with Crippen molar-refractivity contribution in [3.8, 4) is 0 Å². The molecule has 0 aromatic heterocycles. The molecule has 0 heterocycles. The van der Waals surface area contributed by atoms with Gasteiger partial charge in [-0.1, -0.05) is 244 Å². The Morgan fingerprint density at radius 2 is 0.534 bits per heavy atom. The van der Waals surface area contributed by atoms with E-state index in [4.69, 9.17) is 14.2 Å². The first kappa shape index (κ1) is 68.3. The number of carbonyl (C=O) groups excluding carboxylic acids is 3. The number of carbonyl (C=O) groups is 3. The lowest BCUT2D eigenvalue weighted by molar-refractivity contribution is -0.167. The summed E-state index contributed by atoms with van der Waals surface area (Å²) in [6.45, 7) is 6.27. The van der Waals surface area contributed by atoms with E-state index in [0.717, 1.165) is 148 Å². The maximum atomic E-state index is 12.7. The third-order valence-corrected chi connectivity index (χ3v) is 11.8. The van der Waals surface area contributed by atoms with Gasteiger partial charge in [0.05, 0.1) is 0 Å². The van der Waals surface area contributed by atoms with Crippen molar-refractivity contribution in [1.82, 2.24) is 0 Å². The summed E-state index contributed by atoms with van der Waals surface area (Å²) in [4.78, 5) is 37.7. The zero-order chi connectivity index (χ0) is 52.9. The van der Waals surface area contributed by atoms with Gasteiger partial charge in [-0.05, 0) is 122 Å². The van der Waals surface area contributed by atoms with Crippen LogP contribution in [0.15, 0.2) is 146 Å². The Morgan fingerprint density at radius 1 is 0.288 bits per heavy atom. The van der Waals surface area contributed by atoms with Crippen molar-refractivity contribution < 1.29 is 28.6 Å². The van der Waals surface area contributed by atoms with Gasteiger partial charge < -0.3 is 14.2 Å². The number of allylic oxidation sites excluding steroid dienone is 24. The van der Waals surface area contributed by atoms with Crippen LogP contribution >= 0.6 is 0 Å². The Bertz CT molecular complexity index is 1630. The summed E-state index contributed by atoms with van der Waals surface area (Å²) in [7, 11) is 0. The molecule has 410 valence electrons. The average Bonchev–Trinajstić information content (AvgIpc) is 3.39. The second-order valence-electron chi connectivity index (χ2n) is 18.8. The van der Waals surface area contributed by atoms with Gasteiger partial charge in [-0.15, -0.1) is 0 Å². The van der Waals surface area contributed by atoms with Crippen molar-refractivity contribution in [2.24, 2.45) is 0 Å². The summed E-state index contributed by atoms with van der Waals surface area (Å²) in [5.74, 6) is -0.968. The predicted octanol–water partition coefficient (Wildman–Crippen LogP) is 20.0. The molecule has 0 saturated heterocycles. The fourth-order valence-corrected chi connectivity index (χ4v) is 7.51. The van der Waals surface area contributed by atoms with Crippen LogP contribution in [0.2, 0.25) is 0 Å². The zero-order valence-electron chi connectivity index (χ0n) is 46.8. The van der Waals surface area contributed by atoms with Crippen LogP contribution < -0.4 is 0 Å². The van der Waals surface area contributed by atoms with Gasteiger partial charge in [0.25, 0.3) is 0 Å². The fraction of sp³-hybridized carbons (Fsp3) is 0.597. The number of esters is 3. The average molecular weight is 1010 g/mol. The van der Waals surface area contributed by atoms with E-state index in [2.05, 4.69) is 167 Å². The Morgan fingerprint density at radius 3 is 0.863 bits per heavy atom. The first-order chi connectivity index (χ1) is 36.0. The van der Waals surface area contributed by atoms with Crippen LogP contribution in [0.25, 0.3) is 0 Å². The molecule has 6 heteroatoms. The Hall–Kier alpha value is -4.71. The van der Waals surface area contributed by atoms with Gasteiger partial charge in [-0.2, -0.15) is 0 Å². The lowest BCUT2D eigenvalue weighted by Crippen LogP contribution is -2.30. The predicted molar refractivity (Wildman–Crippen MR) is 315 cm³/mol. The lowest BCUT2D eigenvalue weighted by atomic mass is 10.1. The van der Waals surface area contributed by atoms with Crippen molar-refractivity contribution >= 4 is 17.9 Å². The molecule has 73 heavy (non-hydrogen) atoms. The summed E-state index contributed by atoms with van der Waals surface area (Å²) in [5.41, 5.74) is 0. The van der Waals surface area contributed by atoms with Crippen molar-refractivity contribution in [2.45, 2.75) is 245 Å². The summed E-state index contributed by atoms with van der Waals surface area (Å²) >= 11 is 0. The molecule has 0 bridgehead atoms. The highest BCUT2D eigenvalue weighted by Gasteiger charge is 2.19. The molecule has 1 unspecified atom stereocenters. The highest BCUT2D eigenvalue weighted by Crippen LogP contribution is 2.14. The monoisotopic (exact) mass is 1010 g/mol. The van der Waals surface area contributed by atoms with E-state index in [1.165, 1.54) is 44.9 Å². The van der Waals surface area contributed by atoms with Crippen LogP contribution in [-0.4, -0.2) is 37.2 Å². The van der Waals surface area contributed by atoms with E-state index < -0.39 is 6.10 Å². The summed E-state index contributed by atoms with van der Waals surface area (Å²) in [6, 6.07) is 0. The van der Waals surface area contributed by atoms with E-state index >= 15 is 0 Å². The standard InChI is InChI=1S/C67H106O6/c1-4-7-10-13-15-17-19-21-23-24-25-26-27-28-29-30-31-32-33-34-35-36-37-38-39-40-41-42-44-45-47-49-51-54-57-60-66(69)72-63-64(62-71-65(68)59-56-53-12-9-6-3)73-67(70)61-58-55-52-50-48-46-43-22-20-18-16-14-11-8-5-2/h7-8,10-11,15-18,21-23,25-26,28-29,31-32,34-35,37-38,43,48,50,64H,4-6,9,12-14,19-20,24,27,30,33,36,39-42,44-47,49,51-63H2,1-3H3/b10-7-,11-8-,17-15-,18-16-,23-21-,26-25-,29-28-,32-31-,35-34-,38-37-,43-22-,50-48-. The quantitative estimate of drug-likeness (QED) is 0.0261. The smallest absolute Gasteiger partial charge is 0.306 e. The van der Waals surface area contributed by atoms with Crippen LogP contribution in [0.5, 0.6) is 0 Å². The summed E-state index contributed by atoms with van der Waals surface area (Å²) in [5, 5.41) is 0. The van der Waals surface area contributed by atoms with Gasteiger partial charge in [0, 0.05) is 19.3 Å². The molecule has 1 atom stereocenters. The van der Waals surface area contributed by atoms with Gasteiger partial charge in [0.2, 0.25) is 0 Å². The number of ether oxygens (including phenoxy) is 3. The zero-order valence-corrected chi connectivity index (χ0v) is 46.8. The Labute approximate surface area is 448 Å². The molecule has 0 aromatic carbocycles. The number of hydrogen-bond acceptors (Lipinski definition) is 6. The van der Waals surface area contributed by atoms with Gasteiger partial charge in [-0.3, -0.25) is 14.4 Å². The minimum atomic E-state index is -0.802. The molecule has 0 aliphatic heterocycles. The van der Waals surface area contributed by atoms with Gasteiger partial charge in [0.15, 0.2) is 6.10 Å². The van der Waals surface area contributed by atoms with E-state index in [0.29, 0.717) is 19.3 Å². The molecule has 0 rings (SSSR count). The second-order valence-corrected chi connectivity index (χ2v) is 18.8. The molecule has 0 saturated carbocycles. The summed E-state index contributed by atoms with van der Waals surface area (Å²) in [6.07, 6.45) is 86.1. The van der Waals surface area contributed by atoms with E-state index in [-0.39, 0.29) is 37.5 Å². The van der Waals surface area contributed by atoms with Crippen molar-refractivity contribution in [1.29, 1.82) is 0 Å². The minimum Gasteiger partial charge on any atom is -0.462 e. The number of rotatable bonds is 51. The maximum absolute atomic E-state index is 12.7. The largest absolute Gasteiger partial charge is 0.462 e. The first-order valence-corrected chi connectivity index (χ1v) is 29.3. The number of unbranched alkanes of at least 4 members (excludes halogenated alkanes) is 16. The molecule has 0 spiro atoms. The highest BCUT2D eigenvalue weighted by atomic mass is 16.6. The van der Waals surface area contributed by atoms with Crippen LogP contribution in [0, 0.1) is 0 Å². The Kier molecular flexibility index (Phi) is 56.0. The van der Waals surface area contributed by atoms with Crippen molar-refractivity contribution in [3.63, 3.8) is 0 Å². The molecule has 0 fully saturated rings. The molecular weight excluding hydrogens is 901 g/mol. The van der Waals surface area contributed by atoms with Crippen molar-refractivity contribution in [2.75, 3.05) is 13.2 Å². The maximum Gasteiger partial charge on any atom is 0.306 e. The van der Waals surface area contributed by atoms with Crippen LogP contribution in [-0.2, 0) is 28.6 Å². The second kappa shape index (κ2) is 59.8. The van der Waals surface area contributed by atoms with Gasteiger partial charge in [0.1, 0.15) is 13.2 Å². The van der Waals surface area contributed by atoms with Crippen LogP contribution in [0.3, 0.4) is 0 Å². The lowest BCUT2D eigenvalue weighted by Gasteiger charge is -2.18. The molecule has 0 N–H and O–H groups in total. The normalized spacial score (nSPS) is 13.2.